The average Bonchev–Trinajstić information content (AvgIpc) is 2.45. The second kappa shape index (κ2) is 6.18. The quantitative estimate of drug-likeness (QED) is 0.874. The van der Waals surface area contributed by atoms with Crippen molar-refractivity contribution < 1.29 is 13.2 Å². The lowest BCUT2D eigenvalue weighted by atomic mass is 10.0. The Morgan fingerprint density at radius 3 is 2.14 bits per heavy atom. The largest absolute Gasteiger partial charge is 0.366 e. The van der Waals surface area contributed by atoms with Gasteiger partial charge in [0.2, 0.25) is 0 Å². The zero-order chi connectivity index (χ0) is 15.6. The number of benzene rings is 2. The lowest BCUT2D eigenvalue weighted by Crippen LogP contribution is -2.31. The standard InChI is InChI=1S/C16H17F3N2/c1-10-3-5-11(6-4-10)21(2)16(9-20)12-7-14(18)15(19)8-13(12)17/h3-8,16H,9,20H2,1-2H3. The molecule has 0 amide bonds. The molecule has 21 heavy (non-hydrogen) atoms. The number of hydrogen-bond acceptors (Lipinski definition) is 2. The Morgan fingerprint density at radius 1 is 1.00 bits per heavy atom. The van der Waals surface area contributed by atoms with Crippen LogP contribution < -0.4 is 10.6 Å². The Morgan fingerprint density at radius 2 is 1.57 bits per heavy atom. The van der Waals surface area contributed by atoms with E-state index < -0.39 is 23.5 Å². The van der Waals surface area contributed by atoms with Crippen LogP contribution in [0.1, 0.15) is 17.2 Å². The maximum absolute atomic E-state index is 13.9. The van der Waals surface area contributed by atoms with Crippen LogP contribution in [0, 0.1) is 24.4 Å². The summed E-state index contributed by atoms with van der Waals surface area (Å²) < 4.78 is 40.3. The summed E-state index contributed by atoms with van der Waals surface area (Å²) in [5.41, 5.74) is 7.66. The summed E-state index contributed by atoms with van der Waals surface area (Å²) in [5, 5.41) is 0. The number of hydrogen-bond donors (Lipinski definition) is 1. The normalized spacial score (nSPS) is 12.3. The van der Waals surface area contributed by atoms with Gasteiger partial charge >= 0.3 is 0 Å². The third kappa shape index (κ3) is 3.19. The van der Waals surface area contributed by atoms with E-state index >= 15 is 0 Å². The average molecular weight is 294 g/mol. The first-order valence-corrected chi connectivity index (χ1v) is 6.58. The van der Waals surface area contributed by atoms with E-state index in [0.717, 1.165) is 17.3 Å². The summed E-state index contributed by atoms with van der Waals surface area (Å²) in [6.45, 7) is 2.03. The molecule has 0 fully saturated rings. The molecule has 0 saturated heterocycles. The Bertz CT molecular complexity index is 626. The molecule has 0 saturated carbocycles. The highest BCUT2D eigenvalue weighted by atomic mass is 19.2. The summed E-state index contributed by atoms with van der Waals surface area (Å²) in [6, 6.07) is 8.42. The van der Waals surface area contributed by atoms with Gasteiger partial charge in [-0.2, -0.15) is 0 Å². The Kier molecular flexibility index (Phi) is 4.53. The van der Waals surface area contributed by atoms with Gasteiger partial charge in [-0.1, -0.05) is 17.7 Å². The Balaban J connectivity index is 2.39. The Hall–Kier alpha value is -2.01. The van der Waals surface area contributed by atoms with Gasteiger partial charge in [0, 0.05) is 30.9 Å². The fraction of sp³-hybridized carbons (Fsp3) is 0.250. The summed E-state index contributed by atoms with van der Waals surface area (Å²) >= 11 is 0. The van der Waals surface area contributed by atoms with Crippen LogP contribution in [0.15, 0.2) is 36.4 Å². The zero-order valence-electron chi connectivity index (χ0n) is 11.9. The van der Waals surface area contributed by atoms with Crippen LogP contribution in [0.4, 0.5) is 18.9 Å². The minimum absolute atomic E-state index is 0.0412. The van der Waals surface area contributed by atoms with Gasteiger partial charge in [0.1, 0.15) is 5.82 Å². The first-order valence-electron chi connectivity index (χ1n) is 6.58. The molecule has 2 N–H and O–H groups in total. The molecule has 0 spiro atoms. The molecule has 1 atom stereocenters. The Labute approximate surface area is 122 Å². The van der Waals surface area contributed by atoms with Crippen molar-refractivity contribution in [3.63, 3.8) is 0 Å². The number of likely N-dealkylation sites (N-methyl/N-ethyl adjacent to an activating group) is 1. The van der Waals surface area contributed by atoms with Gasteiger partial charge in [0.25, 0.3) is 0 Å². The lowest BCUT2D eigenvalue weighted by molar-refractivity contribution is 0.483. The van der Waals surface area contributed by atoms with Crippen molar-refractivity contribution in [1.82, 2.24) is 0 Å². The molecule has 0 radical (unpaired) electrons. The predicted octanol–water partition coefficient (Wildman–Crippen LogP) is 3.55. The van der Waals surface area contributed by atoms with E-state index in [9.17, 15) is 13.2 Å². The van der Waals surface area contributed by atoms with Crippen molar-refractivity contribution in [3.8, 4) is 0 Å². The molecule has 0 aliphatic heterocycles. The van der Waals surface area contributed by atoms with E-state index in [2.05, 4.69) is 0 Å². The third-order valence-electron chi connectivity index (χ3n) is 3.53. The van der Waals surface area contributed by atoms with E-state index in [1.165, 1.54) is 0 Å². The molecule has 5 heteroatoms. The number of nitrogens with two attached hydrogens (primary N) is 1. The van der Waals surface area contributed by atoms with E-state index in [0.29, 0.717) is 6.07 Å². The number of rotatable bonds is 4. The van der Waals surface area contributed by atoms with Crippen LogP contribution in [0.25, 0.3) is 0 Å². The summed E-state index contributed by atoms with van der Waals surface area (Å²) in [6.07, 6.45) is 0. The second-order valence-corrected chi connectivity index (χ2v) is 4.99. The predicted molar refractivity (Wildman–Crippen MR) is 77.7 cm³/mol. The highest BCUT2D eigenvalue weighted by molar-refractivity contribution is 5.49. The van der Waals surface area contributed by atoms with E-state index in [1.54, 1.807) is 11.9 Å². The maximum Gasteiger partial charge on any atom is 0.161 e. The van der Waals surface area contributed by atoms with Crippen molar-refractivity contribution in [3.05, 3.63) is 65.0 Å². The molecule has 0 aromatic heterocycles. The molecular weight excluding hydrogens is 277 g/mol. The molecule has 0 heterocycles. The number of aryl methyl sites for hydroxylation is 1. The number of nitrogens with zero attached hydrogens (tertiary/aromatic N) is 1. The van der Waals surface area contributed by atoms with Crippen LogP contribution in [0.5, 0.6) is 0 Å². The van der Waals surface area contributed by atoms with Gasteiger partial charge in [-0.05, 0) is 25.1 Å². The fourth-order valence-corrected chi connectivity index (χ4v) is 2.25. The minimum Gasteiger partial charge on any atom is -0.366 e. The molecule has 0 aliphatic carbocycles. The first kappa shape index (κ1) is 15.4. The second-order valence-electron chi connectivity index (χ2n) is 4.99. The van der Waals surface area contributed by atoms with Crippen molar-refractivity contribution >= 4 is 5.69 Å². The van der Waals surface area contributed by atoms with E-state index in [-0.39, 0.29) is 12.1 Å². The molecule has 2 aromatic rings. The molecule has 112 valence electrons. The fourth-order valence-electron chi connectivity index (χ4n) is 2.25. The molecule has 1 unspecified atom stereocenters. The summed E-state index contributed by atoms with van der Waals surface area (Å²) in [4.78, 5) is 1.75. The van der Waals surface area contributed by atoms with Crippen LogP contribution in [0.2, 0.25) is 0 Å². The number of halogens is 3. The van der Waals surface area contributed by atoms with Gasteiger partial charge in [-0.25, -0.2) is 13.2 Å². The summed E-state index contributed by atoms with van der Waals surface area (Å²) in [5.74, 6) is -3.09. The van der Waals surface area contributed by atoms with Gasteiger partial charge in [-0.15, -0.1) is 0 Å². The van der Waals surface area contributed by atoms with Crippen LogP contribution in [-0.2, 0) is 0 Å². The third-order valence-corrected chi connectivity index (χ3v) is 3.53. The SMILES string of the molecule is Cc1ccc(N(C)C(CN)c2cc(F)c(F)cc2F)cc1. The minimum atomic E-state index is -1.20. The molecule has 2 aromatic carbocycles. The van der Waals surface area contributed by atoms with Gasteiger partial charge in [0.05, 0.1) is 6.04 Å². The van der Waals surface area contributed by atoms with Crippen LogP contribution in [0.3, 0.4) is 0 Å². The first-order chi connectivity index (χ1) is 9.93. The van der Waals surface area contributed by atoms with Crippen molar-refractivity contribution in [2.24, 2.45) is 5.73 Å². The lowest BCUT2D eigenvalue weighted by Gasteiger charge is -2.30. The molecule has 0 aliphatic rings. The zero-order valence-corrected chi connectivity index (χ0v) is 11.9. The molecular formula is C16H17F3N2. The summed E-state index contributed by atoms with van der Waals surface area (Å²) in [7, 11) is 1.74. The highest BCUT2D eigenvalue weighted by Crippen LogP contribution is 2.28. The number of anilines is 1. The topological polar surface area (TPSA) is 29.3 Å². The molecule has 2 rings (SSSR count). The van der Waals surface area contributed by atoms with Crippen LogP contribution in [-0.4, -0.2) is 13.6 Å². The van der Waals surface area contributed by atoms with E-state index in [4.69, 9.17) is 5.73 Å². The van der Waals surface area contributed by atoms with Gasteiger partial charge in [-0.3, -0.25) is 0 Å². The smallest absolute Gasteiger partial charge is 0.161 e. The van der Waals surface area contributed by atoms with E-state index in [1.807, 2.05) is 31.2 Å². The van der Waals surface area contributed by atoms with Crippen molar-refractivity contribution in [1.29, 1.82) is 0 Å². The maximum atomic E-state index is 13.9. The van der Waals surface area contributed by atoms with Gasteiger partial charge < -0.3 is 10.6 Å². The molecule has 0 bridgehead atoms. The highest BCUT2D eigenvalue weighted by Gasteiger charge is 2.22. The van der Waals surface area contributed by atoms with Gasteiger partial charge in [0.15, 0.2) is 11.6 Å². The molecule has 2 nitrogen and oxygen atoms in total. The van der Waals surface area contributed by atoms with Crippen molar-refractivity contribution in [2.75, 3.05) is 18.5 Å². The monoisotopic (exact) mass is 294 g/mol. The van der Waals surface area contributed by atoms with Crippen LogP contribution >= 0.6 is 0 Å². The van der Waals surface area contributed by atoms with Crippen molar-refractivity contribution in [2.45, 2.75) is 13.0 Å².